The summed E-state index contributed by atoms with van der Waals surface area (Å²) in [5, 5.41) is 3.48. The number of hydrogen-bond donors (Lipinski definition) is 1. The number of aryl methyl sites for hydroxylation is 2. The van der Waals surface area contributed by atoms with E-state index in [0.29, 0.717) is 15.6 Å². The average molecular weight is 294 g/mol. The van der Waals surface area contributed by atoms with Gasteiger partial charge in [0.05, 0.1) is 15.6 Å². The molecule has 4 heteroatoms. The SMILES string of the molecule is Cc1ccc(NC(=O)c2c(Cl)cccc2Cl)cc1C. The van der Waals surface area contributed by atoms with E-state index in [1.807, 2.05) is 32.0 Å². The second kappa shape index (κ2) is 5.64. The van der Waals surface area contributed by atoms with Crippen LogP contribution in [-0.4, -0.2) is 5.91 Å². The van der Waals surface area contributed by atoms with Crippen molar-refractivity contribution >= 4 is 34.8 Å². The number of halogens is 2. The van der Waals surface area contributed by atoms with Gasteiger partial charge < -0.3 is 5.32 Å². The van der Waals surface area contributed by atoms with Gasteiger partial charge in [0.15, 0.2) is 0 Å². The fraction of sp³-hybridized carbons (Fsp3) is 0.133. The van der Waals surface area contributed by atoms with Gasteiger partial charge in [0, 0.05) is 5.69 Å². The minimum absolute atomic E-state index is 0.295. The van der Waals surface area contributed by atoms with Gasteiger partial charge >= 0.3 is 0 Å². The van der Waals surface area contributed by atoms with Gasteiger partial charge in [-0.2, -0.15) is 0 Å². The Bertz CT molecular complexity index is 618. The van der Waals surface area contributed by atoms with E-state index < -0.39 is 0 Å². The lowest BCUT2D eigenvalue weighted by atomic mass is 10.1. The highest BCUT2D eigenvalue weighted by Gasteiger charge is 2.14. The van der Waals surface area contributed by atoms with Crippen molar-refractivity contribution in [2.45, 2.75) is 13.8 Å². The van der Waals surface area contributed by atoms with Crippen molar-refractivity contribution in [1.82, 2.24) is 0 Å². The molecule has 0 radical (unpaired) electrons. The molecule has 2 aromatic carbocycles. The van der Waals surface area contributed by atoms with Gasteiger partial charge in [0.25, 0.3) is 5.91 Å². The molecule has 1 N–H and O–H groups in total. The number of amides is 1. The summed E-state index contributed by atoms with van der Waals surface area (Å²) in [4.78, 5) is 12.2. The first-order chi connectivity index (χ1) is 8.99. The summed E-state index contributed by atoms with van der Waals surface area (Å²) in [6, 6.07) is 10.7. The van der Waals surface area contributed by atoms with Crippen LogP contribution >= 0.6 is 23.2 Å². The Labute approximate surface area is 122 Å². The molecule has 2 nitrogen and oxygen atoms in total. The molecular formula is C15H13Cl2NO. The topological polar surface area (TPSA) is 29.1 Å². The molecular weight excluding hydrogens is 281 g/mol. The molecule has 0 atom stereocenters. The van der Waals surface area contributed by atoms with Crippen LogP contribution in [0.1, 0.15) is 21.5 Å². The van der Waals surface area contributed by atoms with Crippen molar-refractivity contribution in [1.29, 1.82) is 0 Å². The quantitative estimate of drug-likeness (QED) is 0.841. The lowest BCUT2D eigenvalue weighted by Gasteiger charge is -2.09. The molecule has 0 heterocycles. The van der Waals surface area contributed by atoms with Crippen molar-refractivity contribution in [2.75, 3.05) is 5.32 Å². The summed E-state index contributed by atoms with van der Waals surface area (Å²) in [5.74, 6) is -0.307. The van der Waals surface area contributed by atoms with Crippen molar-refractivity contribution < 1.29 is 4.79 Å². The van der Waals surface area contributed by atoms with Gasteiger partial charge in [0.2, 0.25) is 0 Å². The minimum Gasteiger partial charge on any atom is -0.322 e. The van der Waals surface area contributed by atoms with Gasteiger partial charge in [-0.1, -0.05) is 35.3 Å². The molecule has 0 saturated carbocycles. The lowest BCUT2D eigenvalue weighted by molar-refractivity contribution is 0.102. The zero-order chi connectivity index (χ0) is 14.0. The van der Waals surface area contributed by atoms with Crippen molar-refractivity contribution in [2.24, 2.45) is 0 Å². The van der Waals surface area contributed by atoms with Gasteiger partial charge in [-0.25, -0.2) is 0 Å². The van der Waals surface area contributed by atoms with Crippen LogP contribution in [0.5, 0.6) is 0 Å². The van der Waals surface area contributed by atoms with Crippen LogP contribution in [0.4, 0.5) is 5.69 Å². The predicted molar refractivity (Wildman–Crippen MR) is 80.3 cm³/mol. The standard InChI is InChI=1S/C15H13Cl2NO/c1-9-6-7-11(8-10(9)2)18-15(19)14-12(16)4-3-5-13(14)17/h3-8H,1-2H3,(H,18,19). The molecule has 1 amide bonds. The highest BCUT2D eigenvalue weighted by atomic mass is 35.5. The van der Waals surface area contributed by atoms with E-state index in [-0.39, 0.29) is 5.91 Å². The average Bonchev–Trinajstić information content (AvgIpc) is 2.33. The lowest BCUT2D eigenvalue weighted by Crippen LogP contribution is -2.13. The van der Waals surface area contributed by atoms with Crippen LogP contribution in [0.25, 0.3) is 0 Å². The maximum Gasteiger partial charge on any atom is 0.258 e. The van der Waals surface area contributed by atoms with E-state index in [0.717, 1.165) is 11.3 Å². The van der Waals surface area contributed by atoms with Crippen LogP contribution in [0.15, 0.2) is 36.4 Å². The minimum atomic E-state index is -0.307. The van der Waals surface area contributed by atoms with Crippen LogP contribution in [0, 0.1) is 13.8 Å². The molecule has 0 aliphatic heterocycles. The van der Waals surface area contributed by atoms with Gasteiger partial charge in [-0.05, 0) is 49.2 Å². The summed E-state index contributed by atoms with van der Waals surface area (Å²) in [5.41, 5.74) is 3.31. The Morgan fingerprint density at radius 2 is 1.63 bits per heavy atom. The Morgan fingerprint density at radius 1 is 1.00 bits per heavy atom. The molecule has 0 aromatic heterocycles. The van der Waals surface area contributed by atoms with E-state index in [4.69, 9.17) is 23.2 Å². The van der Waals surface area contributed by atoms with E-state index in [1.165, 1.54) is 5.56 Å². The monoisotopic (exact) mass is 293 g/mol. The second-order valence-electron chi connectivity index (χ2n) is 4.35. The molecule has 0 bridgehead atoms. The van der Waals surface area contributed by atoms with E-state index in [9.17, 15) is 4.79 Å². The number of carbonyl (C=O) groups excluding carboxylic acids is 1. The first-order valence-corrected chi connectivity index (χ1v) is 6.57. The molecule has 0 aliphatic carbocycles. The van der Waals surface area contributed by atoms with Gasteiger partial charge in [0.1, 0.15) is 0 Å². The normalized spacial score (nSPS) is 10.3. The molecule has 2 aromatic rings. The fourth-order valence-electron chi connectivity index (χ4n) is 1.73. The molecule has 0 fully saturated rings. The first kappa shape index (κ1) is 13.9. The molecule has 0 aliphatic rings. The molecule has 0 spiro atoms. The maximum absolute atomic E-state index is 12.2. The summed E-state index contributed by atoms with van der Waals surface area (Å²) >= 11 is 12.0. The first-order valence-electron chi connectivity index (χ1n) is 5.81. The highest BCUT2D eigenvalue weighted by molar-refractivity contribution is 6.40. The Hall–Kier alpha value is -1.51. The van der Waals surface area contributed by atoms with E-state index >= 15 is 0 Å². The highest BCUT2D eigenvalue weighted by Crippen LogP contribution is 2.25. The van der Waals surface area contributed by atoms with Crippen molar-refractivity contribution in [3.05, 3.63) is 63.1 Å². The molecule has 0 saturated heterocycles. The third kappa shape index (κ3) is 3.09. The zero-order valence-electron chi connectivity index (χ0n) is 10.6. The third-order valence-electron chi connectivity index (χ3n) is 2.95. The summed E-state index contributed by atoms with van der Waals surface area (Å²) in [6.45, 7) is 4.01. The molecule has 19 heavy (non-hydrogen) atoms. The number of anilines is 1. The fourth-order valence-corrected chi connectivity index (χ4v) is 2.30. The van der Waals surface area contributed by atoms with Gasteiger partial charge in [-0.15, -0.1) is 0 Å². The smallest absolute Gasteiger partial charge is 0.258 e. The molecule has 98 valence electrons. The van der Waals surface area contributed by atoms with Crippen molar-refractivity contribution in [3.8, 4) is 0 Å². The third-order valence-corrected chi connectivity index (χ3v) is 3.58. The van der Waals surface area contributed by atoms with E-state index in [1.54, 1.807) is 18.2 Å². The second-order valence-corrected chi connectivity index (χ2v) is 5.16. The zero-order valence-corrected chi connectivity index (χ0v) is 12.1. The molecule has 0 unspecified atom stereocenters. The summed E-state index contributed by atoms with van der Waals surface area (Å²) < 4.78 is 0. The summed E-state index contributed by atoms with van der Waals surface area (Å²) in [7, 11) is 0. The van der Waals surface area contributed by atoms with Crippen molar-refractivity contribution in [3.63, 3.8) is 0 Å². The number of carbonyl (C=O) groups is 1. The number of rotatable bonds is 2. The largest absolute Gasteiger partial charge is 0.322 e. The Morgan fingerprint density at radius 3 is 2.21 bits per heavy atom. The van der Waals surface area contributed by atoms with Crippen LogP contribution in [0.2, 0.25) is 10.0 Å². The molecule has 2 rings (SSSR count). The number of hydrogen-bond acceptors (Lipinski definition) is 1. The van der Waals surface area contributed by atoms with Crippen LogP contribution < -0.4 is 5.32 Å². The summed E-state index contributed by atoms with van der Waals surface area (Å²) in [6.07, 6.45) is 0. The number of nitrogens with one attached hydrogen (secondary N) is 1. The Kier molecular flexibility index (Phi) is 4.13. The van der Waals surface area contributed by atoms with E-state index in [2.05, 4.69) is 5.32 Å². The van der Waals surface area contributed by atoms with Crippen LogP contribution in [0.3, 0.4) is 0 Å². The van der Waals surface area contributed by atoms with Gasteiger partial charge in [-0.3, -0.25) is 4.79 Å². The Balaban J connectivity index is 2.28. The maximum atomic E-state index is 12.2. The predicted octanol–water partition coefficient (Wildman–Crippen LogP) is 4.86. The van der Waals surface area contributed by atoms with Crippen LogP contribution in [-0.2, 0) is 0 Å². The number of benzene rings is 2.